The molecule has 1 amide bonds. The zero-order valence-corrected chi connectivity index (χ0v) is 16.6. The van der Waals surface area contributed by atoms with Crippen LogP contribution in [0.25, 0.3) is 0 Å². The third kappa shape index (κ3) is 5.36. The molecule has 142 valence electrons. The molecular weight excluding hydrogens is 356 g/mol. The first-order valence-electron chi connectivity index (χ1n) is 9.35. The monoisotopic (exact) mass is 382 g/mol. The van der Waals surface area contributed by atoms with Crippen molar-refractivity contribution in [2.24, 2.45) is 0 Å². The van der Waals surface area contributed by atoms with Gasteiger partial charge in [0, 0.05) is 44.0 Å². The molecule has 1 saturated heterocycles. The third-order valence-corrected chi connectivity index (χ3v) is 5.34. The molecule has 0 radical (unpaired) electrons. The van der Waals surface area contributed by atoms with Gasteiger partial charge in [-0.1, -0.05) is 42.0 Å². The maximum Gasteiger partial charge on any atom is 0.227 e. The van der Waals surface area contributed by atoms with E-state index < -0.39 is 0 Å². The van der Waals surface area contributed by atoms with Gasteiger partial charge in [-0.2, -0.15) is 12.6 Å². The predicted molar refractivity (Wildman–Crippen MR) is 113 cm³/mol. The molecule has 1 aliphatic rings. The van der Waals surface area contributed by atoms with Crippen LogP contribution < -0.4 is 4.90 Å². The summed E-state index contributed by atoms with van der Waals surface area (Å²) < 4.78 is 0. The number of rotatable bonds is 6. The molecule has 5 heteroatoms. The van der Waals surface area contributed by atoms with Gasteiger partial charge in [0.25, 0.3) is 0 Å². The predicted octanol–water partition coefficient (Wildman–Crippen LogP) is 2.93. The van der Waals surface area contributed by atoms with Crippen molar-refractivity contribution in [2.75, 3.05) is 36.8 Å². The quantitative estimate of drug-likeness (QED) is 0.781. The van der Waals surface area contributed by atoms with Crippen molar-refractivity contribution in [3.8, 4) is 0 Å². The van der Waals surface area contributed by atoms with Crippen LogP contribution in [0.2, 0.25) is 0 Å². The Morgan fingerprint density at radius 1 is 0.852 bits per heavy atom. The topological polar surface area (TPSA) is 40.6 Å². The lowest BCUT2D eigenvalue weighted by Gasteiger charge is -2.36. The van der Waals surface area contributed by atoms with Gasteiger partial charge < -0.3 is 9.80 Å². The van der Waals surface area contributed by atoms with E-state index in [0.717, 1.165) is 43.0 Å². The summed E-state index contributed by atoms with van der Waals surface area (Å²) in [6.07, 6.45) is 0.902. The number of aryl methyl sites for hydroxylation is 1. The first-order chi connectivity index (χ1) is 13.0. The summed E-state index contributed by atoms with van der Waals surface area (Å²) in [5, 5.41) is 0. The van der Waals surface area contributed by atoms with Crippen LogP contribution in [0, 0.1) is 6.92 Å². The average molecular weight is 383 g/mol. The van der Waals surface area contributed by atoms with Crippen molar-refractivity contribution in [3.63, 3.8) is 0 Å². The molecule has 27 heavy (non-hydrogen) atoms. The molecular formula is C22H26N2O2S. The number of anilines is 1. The molecule has 2 aromatic rings. The van der Waals surface area contributed by atoms with Gasteiger partial charge in [-0.3, -0.25) is 9.59 Å². The summed E-state index contributed by atoms with van der Waals surface area (Å²) in [6.45, 7) is 5.19. The molecule has 2 aromatic carbocycles. The largest absolute Gasteiger partial charge is 0.368 e. The molecule has 0 saturated carbocycles. The highest BCUT2D eigenvalue weighted by molar-refractivity contribution is 7.81. The van der Waals surface area contributed by atoms with Gasteiger partial charge in [0.15, 0.2) is 0 Å². The maximum absolute atomic E-state index is 12.5. The van der Waals surface area contributed by atoms with E-state index in [0.29, 0.717) is 12.8 Å². The molecule has 0 unspecified atom stereocenters. The van der Waals surface area contributed by atoms with Crippen molar-refractivity contribution >= 4 is 30.0 Å². The number of nitrogens with zero attached hydrogens (tertiary/aromatic N) is 2. The minimum atomic E-state index is 0.131. The van der Waals surface area contributed by atoms with Crippen LogP contribution in [-0.4, -0.2) is 48.5 Å². The normalized spacial score (nSPS) is 14.3. The molecule has 0 aliphatic carbocycles. The zero-order chi connectivity index (χ0) is 19.2. The van der Waals surface area contributed by atoms with E-state index in [4.69, 9.17) is 0 Å². The number of hydrogen-bond acceptors (Lipinski definition) is 4. The van der Waals surface area contributed by atoms with E-state index in [1.165, 1.54) is 5.56 Å². The first-order valence-corrected chi connectivity index (χ1v) is 9.98. The van der Waals surface area contributed by atoms with Gasteiger partial charge in [0.05, 0.1) is 6.42 Å². The molecule has 1 aliphatic heterocycles. The Hall–Kier alpha value is -2.27. The Morgan fingerprint density at radius 3 is 2.00 bits per heavy atom. The van der Waals surface area contributed by atoms with Gasteiger partial charge in [-0.05, 0) is 30.2 Å². The minimum absolute atomic E-state index is 0.131. The van der Waals surface area contributed by atoms with E-state index >= 15 is 0 Å². The Labute approximate surface area is 166 Å². The lowest BCUT2D eigenvalue weighted by molar-refractivity contribution is -0.130. The Morgan fingerprint density at radius 2 is 1.41 bits per heavy atom. The second-order valence-electron chi connectivity index (χ2n) is 7.07. The fraction of sp³-hybridized carbons (Fsp3) is 0.364. The van der Waals surface area contributed by atoms with Crippen molar-refractivity contribution in [1.82, 2.24) is 4.90 Å². The summed E-state index contributed by atoms with van der Waals surface area (Å²) in [5.41, 5.74) is 4.44. The molecule has 0 spiro atoms. The number of Topliss-reactive ketones (excluding diaryl/α,β-unsaturated/α-hetero) is 1. The summed E-state index contributed by atoms with van der Waals surface area (Å²) in [4.78, 5) is 28.3. The van der Waals surface area contributed by atoms with Crippen LogP contribution in [0.3, 0.4) is 0 Å². The minimum Gasteiger partial charge on any atom is -0.368 e. The molecule has 0 bridgehead atoms. The highest BCUT2D eigenvalue weighted by atomic mass is 32.1. The van der Waals surface area contributed by atoms with Crippen molar-refractivity contribution < 1.29 is 9.59 Å². The van der Waals surface area contributed by atoms with Crippen LogP contribution in [0.15, 0.2) is 48.5 Å². The number of thiol groups is 1. The number of ketones is 1. The summed E-state index contributed by atoms with van der Waals surface area (Å²) in [6, 6.07) is 16.3. The van der Waals surface area contributed by atoms with E-state index in [-0.39, 0.29) is 17.4 Å². The number of carbonyl (C=O) groups is 2. The van der Waals surface area contributed by atoms with Gasteiger partial charge in [0.2, 0.25) is 5.91 Å². The Kier molecular flexibility index (Phi) is 6.56. The second kappa shape index (κ2) is 9.09. The summed E-state index contributed by atoms with van der Waals surface area (Å²) in [7, 11) is 0. The highest BCUT2D eigenvalue weighted by Gasteiger charge is 2.21. The summed E-state index contributed by atoms with van der Waals surface area (Å²) >= 11 is 4.02. The van der Waals surface area contributed by atoms with E-state index in [2.05, 4.69) is 36.6 Å². The third-order valence-electron chi connectivity index (χ3n) is 4.99. The standard InChI is InChI=1S/C22H26N2O2S/c1-17-2-4-19(5-3-17)15-22(26)24-12-10-23(11-13-24)20-8-6-18(7-9-20)14-21(25)16-27/h2-9,27H,10-16H2,1H3. The molecule has 0 N–H and O–H groups in total. The highest BCUT2D eigenvalue weighted by Crippen LogP contribution is 2.18. The van der Waals surface area contributed by atoms with Crippen LogP contribution in [0.5, 0.6) is 0 Å². The number of piperazine rings is 1. The number of benzene rings is 2. The van der Waals surface area contributed by atoms with Gasteiger partial charge in [-0.15, -0.1) is 0 Å². The molecule has 1 fully saturated rings. The molecule has 0 atom stereocenters. The molecule has 4 nitrogen and oxygen atoms in total. The fourth-order valence-corrected chi connectivity index (χ4v) is 3.43. The zero-order valence-electron chi connectivity index (χ0n) is 15.7. The first kappa shape index (κ1) is 19.5. The fourth-order valence-electron chi connectivity index (χ4n) is 3.31. The van der Waals surface area contributed by atoms with Crippen molar-refractivity contribution in [2.45, 2.75) is 19.8 Å². The smallest absolute Gasteiger partial charge is 0.227 e. The van der Waals surface area contributed by atoms with E-state index in [1.807, 2.05) is 41.3 Å². The lowest BCUT2D eigenvalue weighted by atomic mass is 10.1. The average Bonchev–Trinajstić information content (AvgIpc) is 2.70. The van der Waals surface area contributed by atoms with Gasteiger partial charge >= 0.3 is 0 Å². The molecule has 1 heterocycles. The Balaban J connectivity index is 1.51. The van der Waals surface area contributed by atoms with Crippen molar-refractivity contribution in [1.29, 1.82) is 0 Å². The number of carbonyl (C=O) groups excluding carboxylic acids is 2. The van der Waals surface area contributed by atoms with Crippen molar-refractivity contribution in [3.05, 3.63) is 65.2 Å². The van der Waals surface area contributed by atoms with Gasteiger partial charge in [0.1, 0.15) is 5.78 Å². The SMILES string of the molecule is Cc1ccc(CC(=O)N2CCN(c3ccc(CC(=O)CS)cc3)CC2)cc1. The van der Waals surface area contributed by atoms with Crippen LogP contribution in [0.4, 0.5) is 5.69 Å². The molecule has 0 aromatic heterocycles. The number of amides is 1. The van der Waals surface area contributed by atoms with E-state index in [9.17, 15) is 9.59 Å². The van der Waals surface area contributed by atoms with Crippen LogP contribution >= 0.6 is 12.6 Å². The maximum atomic E-state index is 12.5. The van der Waals surface area contributed by atoms with Gasteiger partial charge in [-0.25, -0.2) is 0 Å². The Bertz CT molecular complexity index is 779. The second-order valence-corrected chi connectivity index (χ2v) is 7.39. The van der Waals surface area contributed by atoms with E-state index in [1.54, 1.807) is 0 Å². The van der Waals surface area contributed by atoms with Crippen LogP contribution in [-0.2, 0) is 22.4 Å². The number of hydrogen-bond donors (Lipinski definition) is 1. The summed E-state index contributed by atoms with van der Waals surface area (Å²) in [5.74, 6) is 0.603. The van der Waals surface area contributed by atoms with Crippen LogP contribution in [0.1, 0.15) is 16.7 Å². The lowest BCUT2D eigenvalue weighted by Crippen LogP contribution is -2.49. The molecule has 3 rings (SSSR count).